The average molecular weight is 263 g/mol. The van der Waals surface area contributed by atoms with Gasteiger partial charge in [0.15, 0.2) is 0 Å². The molecule has 0 saturated carbocycles. The van der Waals surface area contributed by atoms with E-state index in [0.717, 1.165) is 31.7 Å². The molecule has 1 fully saturated rings. The topological polar surface area (TPSA) is 49.8 Å². The molecule has 0 aliphatic carbocycles. The number of ether oxygens (including phenoxy) is 1. The van der Waals surface area contributed by atoms with Gasteiger partial charge in [-0.15, -0.1) is 0 Å². The van der Waals surface area contributed by atoms with Gasteiger partial charge in [-0.3, -0.25) is 4.79 Å². The number of piperidine rings is 1. The minimum absolute atomic E-state index is 0.238. The molecule has 0 aromatic heterocycles. The van der Waals surface area contributed by atoms with Crippen LogP contribution in [-0.4, -0.2) is 31.3 Å². The first-order valence-corrected chi connectivity index (χ1v) is 6.73. The van der Waals surface area contributed by atoms with E-state index in [-0.39, 0.29) is 5.92 Å². The smallest absolute Gasteiger partial charge is 0.306 e. The lowest BCUT2D eigenvalue weighted by atomic mass is 9.85. The minimum Gasteiger partial charge on any atom is -0.497 e. The molecule has 1 unspecified atom stereocenters. The van der Waals surface area contributed by atoms with Gasteiger partial charge in [0.1, 0.15) is 5.75 Å². The number of hydrogen-bond acceptors (Lipinski definition) is 3. The number of hydrogen-bond donors (Lipinski definition) is 1. The van der Waals surface area contributed by atoms with Crippen LogP contribution in [0.25, 0.3) is 0 Å². The molecule has 1 aliphatic heterocycles. The molecule has 1 aromatic rings. The third kappa shape index (κ3) is 3.19. The molecule has 1 atom stereocenters. The van der Waals surface area contributed by atoms with Crippen molar-refractivity contribution in [2.75, 3.05) is 25.1 Å². The summed E-state index contributed by atoms with van der Waals surface area (Å²) in [6.07, 6.45) is 1.89. The Morgan fingerprint density at radius 1 is 1.32 bits per heavy atom. The highest BCUT2D eigenvalue weighted by Crippen LogP contribution is 2.29. The molecular formula is C15H21NO3. The van der Waals surface area contributed by atoms with Gasteiger partial charge < -0.3 is 14.7 Å². The van der Waals surface area contributed by atoms with Gasteiger partial charge in [-0.05, 0) is 43.0 Å². The largest absolute Gasteiger partial charge is 0.497 e. The van der Waals surface area contributed by atoms with Crippen LogP contribution in [0.15, 0.2) is 24.3 Å². The maximum absolute atomic E-state index is 11.0. The molecule has 0 bridgehead atoms. The van der Waals surface area contributed by atoms with E-state index in [9.17, 15) is 4.79 Å². The first-order chi connectivity index (χ1) is 9.11. The lowest BCUT2D eigenvalue weighted by Crippen LogP contribution is -2.37. The number of aliphatic carboxylic acids is 1. The number of methoxy groups -OCH3 is 1. The van der Waals surface area contributed by atoms with Crippen LogP contribution in [0.5, 0.6) is 5.75 Å². The van der Waals surface area contributed by atoms with Crippen molar-refractivity contribution < 1.29 is 14.6 Å². The normalized spacial score (nSPS) is 18.1. The van der Waals surface area contributed by atoms with Crippen LogP contribution in [-0.2, 0) is 4.79 Å². The predicted molar refractivity (Wildman–Crippen MR) is 74.7 cm³/mol. The monoisotopic (exact) mass is 263 g/mol. The number of rotatable bonds is 4. The molecule has 0 amide bonds. The summed E-state index contributed by atoms with van der Waals surface area (Å²) in [6.45, 7) is 3.67. The fourth-order valence-corrected chi connectivity index (χ4v) is 2.65. The lowest BCUT2D eigenvalue weighted by molar-refractivity contribution is -0.143. The minimum atomic E-state index is -0.678. The van der Waals surface area contributed by atoms with Crippen molar-refractivity contribution in [3.63, 3.8) is 0 Å². The summed E-state index contributed by atoms with van der Waals surface area (Å²) in [5.41, 5.74) is 1.18. The summed E-state index contributed by atoms with van der Waals surface area (Å²) in [5, 5.41) is 9.05. The summed E-state index contributed by atoms with van der Waals surface area (Å²) in [5.74, 6) is 0.242. The second-order valence-corrected chi connectivity index (χ2v) is 5.15. The van der Waals surface area contributed by atoms with Crippen molar-refractivity contribution in [1.82, 2.24) is 0 Å². The molecular weight excluding hydrogens is 242 g/mol. The highest BCUT2D eigenvalue weighted by molar-refractivity contribution is 5.69. The number of nitrogens with zero attached hydrogens (tertiary/aromatic N) is 1. The van der Waals surface area contributed by atoms with Crippen molar-refractivity contribution in [2.24, 2.45) is 11.8 Å². The Labute approximate surface area is 114 Å². The summed E-state index contributed by atoms with van der Waals surface area (Å²) < 4.78 is 5.15. The lowest BCUT2D eigenvalue weighted by Gasteiger charge is -2.35. The summed E-state index contributed by atoms with van der Waals surface area (Å²) in [6, 6.07) is 8.03. The predicted octanol–water partition coefficient (Wildman–Crippen LogP) is 2.63. The van der Waals surface area contributed by atoms with Gasteiger partial charge in [-0.1, -0.05) is 6.92 Å². The molecule has 2 rings (SSSR count). The Bertz CT molecular complexity index is 422. The highest BCUT2D eigenvalue weighted by atomic mass is 16.5. The zero-order valence-electron chi connectivity index (χ0n) is 11.5. The Kier molecular flexibility index (Phi) is 4.30. The number of carboxylic acid groups (broad SMARTS) is 1. The van der Waals surface area contributed by atoms with Crippen LogP contribution in [0.3, 0.4) is 0 Å². The Morgan fingerprint density at radius 2 is 1.89 bits per heavy atom. The van der Waals surface area contributed by atoms with Crippen LogP contribution in [0.4, 0.5) is 5.69 Å². The Morgan fingerprint density at radius 3 is 2.37 bits per heavy atom. The molecule has 1 aromatic carbocycles. The van der Waals surface area contributed by atoms with Crippen molar-refractivity contribution in [3.8, 4) is 5.75 Å². The van der Waals surface area contributed by atoms with E-state index in [1.54, 1.807) is 7.11 Å². The number of carboxylic acids is 1. The third-order valence-corrected chi connectivity index (χ3v) is 4.07. The number of anilines is 1. The van der Waals surface area contributed by atoms with E-state index in [4.69, 9.17) is 9.84 Å². The first-order valence-electron chi connectivity index (χ1n) is 6.73. The average Bonchev–Trinajstić information content (AvgIpc) is 2.46. The number of carbonyl (C=O) groups is 1. The SMILES string of the molecule is COc1ccc(N2CCC(C(C)C(=O)O)CC2)cc1. The first kappa shape index (κ1) is 13.7. The van der Waals surface area contributed by atoms with E-state index in [1.165, 1.54) is 5.69 Å². The second-order valence-electron chi connectivity index (χ2n) is 5.15. The molecule has 4 nitrogen and oxygen atoms in total. The fourth-order valence-electron chi connectivity index (χ4n) is 2.65. The molecule has 104 valence electrons. The quantitative estimate of drug-likeness (QED) is 0.907. The van der Waals surface area contributed by atoms with Crippen LogP contribution in [0.2, 0.25) is 0 Å². The molecule has 1 saturated heterocycles. The van der Waals surface area contributed by atoms with Gasteiger partial charge in [0.05, 0.1) is 13.0 Å². The van der Waals surface area contributed by atoms with E-state index in [0.29, 0.717) is 5.92 Å². The maximum atomic E-state index is 11.0. The van der Waals surface area contributed by atoms with Gasteiger partial charge in [-0.2, -0.15) is 0 Å². The third-order valence-electron chi connectivity index (χ3n) is 4.07. The van der Waals surface area contributed by atoms with Gasteiger partial charge in [0.25, 0.3) is 0 Å². The molecule has 4 heteroatoms. The summed E-state index contributed by atoms with van der Waals surface area (Å²) in [4.78, 5) is 13.3. The molecule has 19 heavy (non-hydrogen) atoms. The van der Waals surface area contributed by atoms with Gasteiger partial charge in [0.2, 0.25) is 0 Å². The Balaban J connectivity index is 1.93. The Hall–Kier alpha value is -1.71. The van der Waals surface area contributed by atoms with Crippen LogP contribution >= 0.6 is 0 Å². The highest BCUT2D eigenvalue weighted by Gasteiger charge is 2.27. The van der Waals surface area contributed by atoms with Crippen LogP contribution in [0.1, 0.15) is 19.8 Å². The molecule has 0 radical (unpaired) electrons. The molecule has 1 heterocycles. The second kappa shape index (κ2) is 5.95. The van der Waals surface area contributed by atoms with Crippen molar-refractivity contribution in [3.05, 3.63) is 24.3 Å². The fraction of sp³-hybridized carbons (Fsp3) is 0.533. The van der Waals surface area contributed by atoms with Crippen molar-refractivity contribution >= 4 is 11.7 Å². The van der Waals surface area contributed by atoms with Crippen LogP contribution in [0, 0.1) is 11.8 Å². The molecule has 1 N–H and O–H groups in total. The van der Waals surface area contributed by atoms with E-state index in [1.807, 2.05) is 19.1 Å². The standard InChI is InChI=1S/C15H21NO3/c1-11(15(17)18)12-7-9-16(10-8-12)13-3-5-14(19-2)6-4-13/h3-6,11-12H,7-10H2,1-2H3,(H,17,18). The summed E-state index contributed by atoms with van der Waals surface area (Å²) >= 11 is 0. The van der Waals surface area contributed by atoms with Crippen molar-refractivity contribution in [2.45, 2.75) is 19.8 Å². The molecule has 0 spiro atoms. The van der Waals surface area contributed by atoms with Crippen LogP contribution < -0.4 is 9.64 Å². The van der Waals surface area contributed by atoms with E-state index >= 15 is 0 Å². The van der Waals surface area contributed by atoms with Gasteiger partial charge >= 0.3 is 5.97 Å². The number of benzene rings is 1. The molecule has 1 aliphatic rings. The summed E-state index contributed by atoms with van der Waals surface area (Å²) in [7, 11) is 1.66. The van der Waals surface area contributed by atoms with Gasteiger partial charge in [-0.25, -0.2) is 0 Å². The van der Waals surface area contributed by atoms with E-state index < -0.39 is 5.97 Å². The maximum Gasteiger partial charge on any atom is 0.306 e. The zero-order chi connectivity index (χ0) is 13.8. The van der Waals surface area contributed by atoms with E-state index in [2.05, 4.69) is 17.0 Å². The van der Waals surface area contributed by atoms with Crippen molar-refractivity contribution in [1.29, 1.82) is 0 Å². The van der Waals surface area contributed by atoms with Gasteiger partial charge in [0, 0.05) is 18.8 Å². The zero-order valence-corrected chi connectivity index (χ0v) is 11.5.